The molecule has 158 valence electrons. The maximum absolute atomic E-state index is 13.0. The van der Waals surface area contributed by atoms with Crippen LogP contribution in [0.15, 0.2) is 42.5 Å². The number of aryl methyl sites for hydroxylation is 1. The number of ether oxygens (including phenoxy) is 2. The van der Waals surface area contributed by atoms with Crippen LogP contribution >= 0.6 is 0 Å². The lowest BCUT2D eigenvalue weighted by molar-refractivity contribution is -0.122. The normalized spacial score (nSPS) is 19.5. The summed E-state index contributed by atoms with van der Waals surface area (Å²) in [6.07, 6.45) is 1.65. The molecule has 0 aromatic heterocycles. The van der Waals surface area contributed by atoms with Crippen LogP contribution in [0.25, 0.3) is 0 Å². The van der Waals surface area contributed by atoms with E-state index in [9.17, 15) is 9.59 Å². The van der Waals surface area contributed by atoms with Crippen molar-refractivity contribution in [2.75, 3.05) is 45.7 Å². The first-order valence-corrected chi connectivity index (χ1v) is 10.2. The molecule has 2 aromatic carbocycles. The zero-order valence-electron chi connectivity index (χ0n) is 17.4. The first-order valence-electron chi connectivity index (χ1n) is 10.2. The molecular formula is C23H27N3O4. The van der Waals surface area contributed by atoms with E-state index >= 15 is 0 Å². The van der Waals surface area contributed by atoms with Crippen molar-refractivity contribution in [3.63, 3.8) is 0 Å². The molecule has 2 aliphatic heterocycles. The van der Waals surface area contributed by atoms with Gasteiger partial charge in [0.25, 0.3) is 5.91 Å². The monoisotopic (exact) mass is 409 g/mol. The summed E-state index contributed by atoms with van der Waals surface area (Å²) in [5.74, 6) is 1.14. The number of nitrogens with one attached hydrogen (secondary N) is 1. The lowest BCUT2D eigenvalue weighted by atomic mass is 10.0. The summed E-state index contributed by atoms with van der Waals surface area (Å²) < 4.78 is 10.6. The van der Waals surface area contributed by atoms with Crippen LogP contribution in [0, 0.1) is 0 Å². The molecule has 2 aromatic rings. The fourth-order valence-electron chi connectivity index (χ4n) is 4.24. The zero-order chi connectivity index (χ0) is 21.1. The second kappa shape index (κ2) is 8.75. The molecule has 0 bridgehead atoms. The van der Waals surface area contributed by atoms with Crippen molar-refractivity contribution in [3.8, 4) is 11.5 Å². The number of anilines is 1. The average Bonchev–Trinajstić information content (AvgIpc) is 2.96. The molecule has 7 nitrogen and oxygen atoms in total. The second-order valence-corrected chi connectivity index (χ2v) is 7.60. The molecule has 2 aliphatic rings. The predicted molar refractivity (Wildman–Crippen MR) is 114 cm³/mol. The van der Waals surface area contributed by atoms with Gasteiger partial charge in [-0.2, -0.15) is 0 Å². The highest BCUT2D eigenvalue weighted by Gasteiger charge is 2.32. The summed E-state index contributed by atoms with van der Waals surface area (Å²) in [6, 6.07) is 13.0. The molecule has 1 fully saturated rings. The second-order valence-electron chi connectivity index (χ2n) is 7.60. The number of rotatable bonds is 4. The molecule has 4 rings (SSSR count). The van der Waals surface area contributed by atoms with Gasteiger partial charge in [-0.1, -0.05) is 18.2 Å². The van der Waals surface area contributed by atoms with Gasteiger partial charge in [0.2, 0.25) is 5.91 Å². The first-order chi connectivity index (χ1) is 14.6. The number of hydrogen-bond donors (Lipinski definition) is 1. The number of piperazine rings is 1. The first kappa shape index (κ1) is 20.2. The van der Waals surface area contributed by atoms with Gasteiger partial charge in [0.15, 0.2) is 11.5 Å². The van der Waals surface area contributed by atoms with E-state index in [4.69, 9.17) is 9.47 Å². The van der Waals surface area contributed by atoms with E-state index < -0.39 is 0 Å². The molecule has 0 aliphatic carbocycles. The third-order valence-electron chi connectivity index (χ3n) is 5.94. The third-order valence-corrected chi connectivity index (χ3v) is 5.94. The summed E-state index contributed by atoms with van der Waals surface area (Å²) in [7, 11) is 3.13. The Morgan fingerprint density at radius 2 is 1.73 bits per heavy atom. The van der Waals surface area contributed by atoms with E-state index in [1.54, 1.807) is 32.4 Å². The Kier molecular flexibility index (Phi) is 5.90. The highest BCUT2D eigenvalue weighted by molar-refractivity contribution is 5.96. The average molecular weight is 409 g/mol. The van der Waals surface area contributed by atoms with Gasteiger partial charge in [-0.3, -0.25) is 14.5 Å². The molecule has 0 radical (unpaired) electrons. The Bertz CT molecular complexity index is 938. The van der Waals surface area contributed by atoms with Crippen LogP contribution in [-0.2, 0) is 11.2 Å². The Hall–Kier alpha value is -3.06. The highest BCUT2D eigenvalue weighted by atomic mass is 16.5. The van der Waals surface area contributed by atoms with Crippen molar-refractivity contribution in [1.29, 1.82) is 0 Å². The van der Waals surface area contributed by atoms with Crippen molar-refractivity contribution in [1.82, 2.24) is 9.80 Å². The van der Waals surface area contributed by atoms with E-state index in [1.807, 2.05) is 23.1 Å². The van der Waals surface area contributed by atoms with Gasteiger partial charge < -0.3 is 19.7 Å². The van der Waals surface area contributed by atoms with E-state index in [2.05, 4.69) is 16.3 Å². The molecule has 30 heavy (non-hydrogen) atoms. The van der Waals surface area contributed by atoms with Crippen LogP contribution in [0.1, 0.15) is 22.3 Å². The number of hydrogen-bond acceptors (Lipinski definition) is 5. The fourth-order valence-corrected chi connectivity index (χ4v) is 4.24. The number of carbonyl (C=O) groups excluding carboxylic acids is 2. The van der Waals surface area contributed by atoms with Crippen LogP contribution < -0.4 is 14.8 Å². The molecule has 1 atom stereocenters. The minimum absolute atomic E-state index is 0.0340. The largest absolute Gasteiger partial charge is 0.493 e. The quantitative estimate of drug-likeness (QED) is 0.840. The Labute approximate surface area is 176 Å². The maximum atomic E-state index is 13.0. The van der Waals surface area contributed by atoms with Crippen molar-refractivity contribution in [2.24, 2.45) is 0 Å². The number of methoxy groups -OCH3 is 2. The number of nitrogens with zero attached hydrogens (tertiary/aromatic N) is 2. The summed E-state index contributed by atoms with van der Waals surface area (Å²) in [5.41, 5.74) is 2.66. The molecule has 0 saturated carbocycles. The Morgan fingerprint density at radius 3 is 2.47 bits per heavy atom. The maximum Gasteiger partial charge on any atom is 0.254 e. The van der Waals surface area contributed by atoms with Gasteiger partial charge in [0, 0.05) is 37.4 Å². The van der Waals surface area contributed by atoms with E-state index in [-0.39, 0.29) is 17.9 Å². The Balaban J connectivity index is 1.39. The molecule has 7 heteroatoms. The summed E-state index contributed by atoms with van der Waals surface area (Å²) in [4.78, 5) is 29.8. The number of amides is 2. The third kappa shape index (κ3) is 3.98. The minimum atomic E-state index is -0.171. The van der Waals surface area contributed by atoms with Crippen molar-refractivity contribution < 1.29 is 19.1 Å². The summed E-state index contributed by atoms with van der Waals surface area (Å²) >= 11 is 0. The summed E-state index contributed by atoms with van der Waals surface area (Å²) in [6.45, 7) is 2.52. The molecular weight excluding hydrogens is 382 g/mol. The topological polar surface area (TPSA) is 71.1 Å². The standard InChI is InChI=1S/C23H27N3O4/c1-29-20-10-8-17(15-21(20)30-2)23(28)26-13-11-25(12-14-26)19-9-7-16-5-3-4-6-18(16)24-22(19)27/h3-6,8,10,15,19H,7,9,11-14H2,1-2H3,(H,24,27). The number of fused-ring (bicyclic) bond motifs is 1. The van der Waals surface area contributed by atoms with E-state index in [0.29, 0.717) is 43.2 Å². The number of para-hydroxylation sites is 1. The van der Waals surface area contributed by atoms with Crippen LogP contribution in [0.5, 0.6) is 11.5 Å². The molecule has 1 unspecified atom stereocenters. The SMILES string of the molecule is COc1ccc(C(=O)N2CCN(C3CCc4ccccc4NC3=O)CC2)cc1OC. The zero-order valence-corrected chi connectivity index (χ0v) is 17.4. The van der Waals surface area contributed by atoms with Crippen LogP contribution in [0.4, 0.5) is 5.69 Å². The van der Waals surface area contributed by atoms with Crippen molar-refractivity contribution in [3.05, 3.63) is 53.6 Å². The van der Waals surface area contributed by atoms with Crippen LogP contribution in [-0.4, -0.2) is 68.1 Å². The van der Waals surface area contributed by atoms with Gasteiger partial charge in [-0.25, -0.2) is 0 Å². The molecule has 2 heterocycles. The van der Waals surface area contributed by atoms with Gasteiger partial charge in [-0.05, 0) is 42.7 Å². The lowest BCUT2D eigenvalue weighted by Crippen LogP contribution is -2.54. The van der Waals surface area contributed by atoms with Gasteiger partial charge in [-0.15, -0.1) is 0 Å². The van der Waals surface area contributed by atoms with Gasteiger partial charge >= 0.3 is 0 Å². The van der Waals surface area contributed by atoms with Crippen molar-refractivity contribution in [2.45, 2.75) is 18.9 Å². The molecule has 1 saturated heterocycles. The molecule has 1 N–H and O–H groups in total. The number of carbonyl (C=O) groups is 2. The van der Waals surface area contributed by atoms with Crippen LogP contribution in [0.3, 0.4) is 0 Å². The number of benzene rings is 2. The molecule has 0 spiro atoms. The van der Waals surface area contributed by atoms with Gasteiger partial charge in [0.1, 0.15) is 0 Å². The van der Waals surface area contributed by atoms with E-state index in [1.165, 1.54) is 5.56 Å². The van der Waals surface area contributed by atoms with Gasteiger partial charge in [0.05, 0.1) is 20.3 Å². The van der Waals surface area contributed by atoms with Crippen molar-refractivity contribution >= 4 is 17.5 Å². The van der Waals surface area contributed by atoms with Crippen LogP contribution in [0.2, 0.25) is 0 Å². The summed E-state index contributed by atoms with van der Waals surface area (Å²) in [5, 5.41) is 3.07. The smallest absolute Gasteiger partial charge is 0.254 e. The minimum Gasteiger partial charge on any atom is -0.493 e. The Morgan fingerprint density at radius 1 is 1.00 bits per heavy atom. The lowest BCUT2D eigenvalue weighted by Gasteiger charge is -2.38. The van der Waals surface area contributed by atoms with E-state index in [0.717, 1.165) is 18.5 Å². The predicted octanol–water partition coefficient (Wildman–Crippen LogP) is 2.42. The molecule has 2 amide bonds. The highest BCUT2D eigenvalue weighted by Crippen LogP contribution is 2.29. The fraction of sp³-hybridized carbons (Fsp3) is 0.391.